The van der Waals surface area contributed by atoms with Crippen molar-refractivity contribution >= 4 is 0 Å². The number of fused-ring (bicyclic) bond motifs is 1. The highest BCUT2D eigenvalue weighted by atomic mass is 16.3. The summed E-state index contributed by atoms with van der Waals surface area (Å²) in [7, 11) is 0. The van der Waals surface area contributed by atoms with Crippen molar-refractivity contribution in [3.8, 4) is 0 Å². The fraction of sp³-hybridized carbons (Fsp3) is 0.733. The second-order valence-electron chi connectivity index (χ2n) is 6.63. The highest BCUT2D eigenvalue weighted by Crippen LogP contribution is 2.60. The monoisotopic (exact) mass is 231 g/mol. The second kappa shape index (κ2) is 3.61. The highest BCUT2D eigenvalue weighted by molar-refractivity contribution is 5.14. The third kappa shape index (κ3) is 2.03. The Hall–Kier alpha value is -0.760. The van der Waals surface area contributed by atoms with E-state index >= 15 is 0 Å². The van der Waals surface area contributed by atoms with Gasteiger partial charge >= 0.3 is 0 Å². The first kappa shape index (κ1) is 10.2. The Morgan fingerprint density at radius 3 is 2.76 bits per heavy atom. The molecule has 1 aromatic heterocycles. The van der Waals surface area contributed by atoms with Gasteiger partial charge in [-0.25, -0.2) is 0 Å². The lowest BCUT2D eigenvalue weighted by Gasteiger charge is -2.31. The molecule has 0 saturated heterocycles. The maximum absolute atomic E-state index is 5.23. The molecule has 0 aliphatic heterocycles. The van der Waals surface area contributed by atoms with Gasteiger partial charge in [0.25, 0.3) is 0 Å². The third-order valence-corrected chi connectivity index (χ3v) is 4.96. The summed E-state index contributed by atoms with van der Waals surface area (Å²) in [6.45, 7) is 1.23. The fourth-order valence-corrected chi connectivity index (χ4v) is 3.83. The van der Waals surface area contributed by atoms with Gasteiger partial charge in [-0.2, -0.15) is 0 Å². The zero-order valence-corrected chi connectivity index (χ0v) is 10.3. The van der Waals surface area contributed by atoms with Crippen LogP contribution in [0.4, 0.5) is 0 Å². The van der Waals surface area contributed by atoms with Crippen molar-refractivity contribution in [2.45, 2.75) is 44.6 Å². The molecule has 3 aliphatic carbocycles. The topological polar surface area (TPSA) is 25.2 Å². The van der Waals surface area contributed by atoms with Crippen LogP contribution in [0.15, 0.2) is 23.0 Å². The SMILES string of the molecule is c1cc(CC2(CNC3CC3)CC3CC3C2)co1. The van der Waals surface area contributed by atoms with Gasteiger partial charge in [0.1, 0.15) is 0 Å². The lowest BCUT2D eigenvalue weighted by atomic mass is 9.78. The van der Waals surface area contributed by atoms with Crippen LogP contribution in [0.3, 0.4) is 0 Å². The van der Waals surface area contributed by atoms with Gasteiger partial charge < -0.3 is 9.73 Å². The summed E-state index contributed by atoms with van der Waals surface area (Å²) in [4.78, 5) is 0. The smallest absolute Gasteiger partial charge is 0.0934 e. The molecular weight excluding hydrogens is 210 g/mol. The molecule has 1 N–H and O–H groups in total. The molecular formula is C15H21NO. The molecule has 2 unspecified atom stereocenters. The van der Waals surface area contributed by atoms with E-state index in [0.29, 0.717) is 5.41 Å². The van der Waals surface area contributed by atoms with Crippen LogP contribution >= 0.6 is 0 Å². The first-order valence-electron chi connectivity index (χ1n) is 7.07. The van der Waals surface area contributed by atoms with Crippen LogP contribution in [0.2, 0.25) is 0 Å². The molecule has 0 amide bonds. The molecule has 92 valence electrons. The molecule has 0 spiro atoms. The Bertz CT molecular complexity index is 383. The maximum atomic E-state index is 5.23. The minimum atomic E-state index is 0.542. The van der Waals surface area contributed by atoms with Crippen LogP contribution < -0.4 is 5.32 Å². The van der Waals surface area contributed by atoms with Gasteiger partial charge in [-0.05, 0) is 67.4 Å². The Morgan fingerprint density at radius 2 is 2.12 bits per heavy atom. The Morgan fingerprint density at radius 1 is 1.29 bits per heavy atom. The highest BCUT2D eigenvalue weighted by Gasteiger charge is 2.53. The average molecular weight is 231 g/mol. The second-order valence-corrected chi connectivity index (χ2v) is 6.63. The van der Waals surface area contributed by atoms with Gasteiger partial charge in [0.2, 0.25) is 0 Å². The first-order chi connectivity index (χ1) is 8.33. The molecule has 1 heterocycles. The first-order valence-corrected chi connectivity index (χ1v) is 7.07. The van der Waals surface area contributed by atoms with Crippen LogP contribution in [-0.2, 0) is 6.42 Å². The van der Waals surface area contributed by atoms with E-state index in [1.165, 1.54) is 50.6 Å². The van der Waals surface area contributed by atoms with Gasteiger partial charge in [-0.3, -0.25) is 0 Å². The van der Waals surface area contributed by atoms with Gasteiger partial charge in [0.05, 0.1) is 12.5 Å². The molecule has 3 saturated carbocycles. The Kier molecular flexibility index (Phi) is 2.17. The summed E-state index contributed by atoms with van der Waals surface area (Å²) in [6, 6.07) is 2.98. The van der Waals surface area contributed by atoms with E-state index in [2.05, 4.69) is 11.4 Å². The van der Waals surface area contributed by atoms with Crippen molar-refractivity contribution < 1.29 is 4.42 Å². The van der Waals surface area contributed by atoms with Crippen molar-refractivity contribution in [2.24, 2.45) is 17.3 Å². The van der Waals surface area contributed by atoms with Crippen LogP contribution in [-0.4, -0.2) is 12.6 Å². The molecule has 0 bridgehead atoms. The predicted molar refractivity (Wildman–Crippen MR) is 66.7 cm³/mol. The third-order valence-electron chi connectivity index (χ3n) is 4.96. The number of furan rings is 1. The Balaban J connectivity index is 1.46. The van der Waals surface area contributed by atoms with E-state index < -0.39 is 0 Å². The van der Waals surface area contributed by atoms with E-state index in [4.69, 9.17) is 4.42 Å². The normalized spacial score (nSPS) is 39.3. The van der Waals surface area contributed by atoms with E-state index in [1.54, 1.807) is 0 Å². The average Bonchev–Trinajstić information content (AvgIpc) is 3.20. The standard InChI is InChI=1S/C15H21NO/c1-2-14(1)16-10-15(6-11-3-4-17-9-11)7-12-5-13(12)8-15/h3-4,9,12-14,16H,1-2,5-8,10H2. The number of nitrogens with one attached hydrogen (secondary N) is 1. The molecule has 17 heavy (non-hydrogen) atoms. The minimum Gasteiger partial charge on any atom is -0.472 e. The predicted octanol–water partition coefficient (Wildman–Crippen LogP) is 2.99. The summed E-state index contributed by atoms with van der Waals surface area (Å²) in [5.74, 6) is 2.12. The molecule has 2 heteroatoms. The number of hydrogen-bond acceptors (Lipinski definition) is 2. The number of hydrogen-bond donors (Lipinski definition) is 1. The van der Waals surface area contributed by atoms with Crippen molar-refractivity contribution in [2.75, 3.05) is 6.54 Å². The molecule has 1 aromatic rings. The van der Waals surface area contributed by atoms with Crippen LogP contribution in [0.1, 0.15) is 37.7 Å². The van der Waals surface area contributed by atoms with Gasteiger partial charge in [0, 0.05) is 12.6 Å². The van der Waals surface area contributed by atoms with Crippen molar-refractivity contribution in [3.05, 3.63) is 24.2 Å². The summed E-state index contributed by atoms with van der Waals surface area (Å²) >= 11 is 0. The lowest BCUT2D eigenvalue weighted by Crippen LogP contribution is -2.36. The van der Waals surface area contributed by atoms with Gasteiger partial charge in [-0.15, -0.1) is 0 Å². The van der Waals surface area contributed by atoms with Gasteiger partial charge in [0.15, 0.2) is 0 Å². The summed E-state index contributed by atoms with van der Waals surface area (Å²) in [5, 5.41) is 3.76. The lowest BCUT2D eigenvalue weighted by molar-refractivity contribution is 0.247. The molecule has 3 fully saturated rings. The zero-order valence-electron chi connectivity index (χ0n) is 10.3. The van der Waals surface area contributed by atoms with Crippen LogP contribution in [0, 0.1) is 17.3 Å². The van der Waals surface area contributed by atoms with Crippen LogP contribution in [0.25, 0.3) is 0 Å². The largest absolute Gasteiger partial charge is 0.472 e. The van der Waals surface area contributed by atoms with E-state index in [0.717, 1.165) is 17.9 Å². The fourth-order valence-electron chi connectivity index (χ4n) is 3.83. The maximum Gasteiger partial charge on any atom is 0.0934 e. The van der Waals surface area contributed by atoms with Crippen molar-refractivity contribution in [1.82, 2.24) is 5.32 Å². The summed E-state index contributed by atoms with van der Waals surface area (Å²) in [5.41, 5.74) is 1.93. The quantitative estimate of drug-likeness (QED) is 0.842. The Labute approximate surface area is 103 Å². The summed E-state index contributed by atoms with van der Waals surface area (Å²) < 4.78 is 5.23. The zero-order chi connectivity index (χ0) is 11.3. The van der Waals surface area contributed by atoms with Crippen molar-refractivity contribution in [3.63, 3.8) is 0 Å². The van der Waals surface area contributed by atoms with Crippen molar-refractivity contribution in [1.29, 1.82) is 0 Å². The van der Waals surface area contributed by atoms with E-state index in [9.17, 15) is 0 Å². The number of rotatable bonds is 5. The molecule has 4 rings (SSSR count). The van der Waals surface area contributed by atoms with Crippen LogP contribution in [0.5, 0.6) is 0 Å². The summed E-state index contributed by atoms with van der Waals surface area (Å²) in [6.07, 6.45) is 12.2. The van der Waals surface area contributed by atoms with Gasteiger partial charge in [-0.1, -0.05) is 0 Å². The molecule has 0 radical (unpaired) electrons. The minimum absolute atomic E-state index is 0.542. The molecule has 0 aromatic carbocycles. The van der Waals surface area contributed by atoms with E-state index in [1.807, 2.05) is 12.5 Å². The molecule has 2 nitrogen and oxygen atoms in total. The molecule has 3 aliphatic rings. The molecule has 2 atom stereocenters. The van der Waals surface area contributed by atoms with E-state index in [-0.39, 0.29) is 0 Å².